The summed E-state index contributed by atoms with van der Waals surface area (Å²) in [6.45, 7) is 0. The lowest BCUT2D eigenvalue weighted by atomic mass is 10.1. The fourth-order valence-corrected chi connectivity index (χ4v) is 2.35. The lowest BCUT2D eigenvalue weighted by Gasteiger charge is -2.10. The molecule has 0 spiro atoms. The summed E-state index contributed by atoms with van der Waals surface area (Å²) in [7, 11) is 0. The number of halogens is 3. The molecule has 0 atom stereocenters. The van der Waals surface area contributed by atoms with Crippen LogP contribution < -0.4 is 10.4 Å². The van der Waals surface area contributed by atoms with Gasteiger partial charge in [0.1, 0.15) is 11.3 Å². The van der Waals surface area contributed by atoms with Crippen molar-refractivity contribution in [1.82, 2.24) is 0 Å². The summed E-state index contributed by atoms with van der Waals surface area (Å²) in [5, 5.41) is 10.4. The molecule has 0 saturated heterocycles. The maximum Gasteiger partial charge on any atom is 0.417 e. The molecule has 0 amide bonds. The van der Waals surface area contributed by atoms with Crippen LogP contribution in [-0.4, -0.2) is 10.9 Å². The maximum atomic E-state index is 13.0. The Morgan fingerprint density at radius 3 is 2.52 bits per heavy atom. The minimum atomic E-state index is -4.77. The minimum absolute atomic E-state index is 0.130. The van der Waals surface area contributed by atoms with E-state index in [1.54, 1.807) is 0 Å². The zero-order chi connectivity index (χ0) is 19.8. The molecule has 138 valence electrons. The van der Waals surface area contributed by atoms with Crippen molar-refractivity contribution in [1.29, 1.82) is 0 Å². The number of carbonyl (C=O) groups is 1. The normalized spacial score (nSPS) is 11.4. The summed E-state index contributed by atoms with van der Waals surface area (Å²) >= 11 is 0. The van der Waals surface area contributed by atoms with Crippen LogP contribution in [0.1, 0.15) is 15.9 Å². The van der Waals surface area contributed by atoms with Crippen molar-refractivity contribution < 1.29 is 32.0 Å². The van der Waals surface area contributed by atoms with Crippen LogP contribution in [0.5, 0.6) is 5.75 Å². The van der Waals surface area contributed by atoms with Crippen molar-refractivity contribution in [2.45, 2.75) is 6.18 Å². The zero-order valence-electron chi connectivity index (χ0n) is 13.1. The Labute approximate surface area is 147 Å². The highest BCUT2D eigenvalue weighted by atomic mass is 19.4. The van der Waals surface area contributed by atoms with E-state index in [2.05, 4.69) is 0 Å². The Morgan fingerprint density at radius 2 is 1.85 bits per heavy atom. The fourth-order valence-electron chi connectivity index (χ4n) is 2.35. The third-order valence-corrected chi connectivity index (χ3v) is 3.52. The quantitative estimate of drug-likeness (QED) is 0.225. The van der Waals surface area contributed by atoms with Gasteiger partial charge in [0.05, 0.1) is 16.1 Å². The number of carbonyl (C=O) groups excluding carboxylic acids is 1. The average molecular weight is 379 g/mol. The molecule has 0 N–H and O–H groups in total. The van der Waals surface area contributed by atoms with Gasteiger partial charge >= 0.3 is 17.8 Å². The van der Waals surface area contributed by atoms with Crippen molar-refractivity contribution >= 4 is 22.6 Å². The van der Waals surface area contributed by atoms with Gasteiger partial charge in [-0.3, -0.25) is 10.1 Å². The highest BCUT2D eigenvalue weighted by Crippen LogP contribution is 2.35. The number of benzene rings is 2. The van der Waals surface area contributed by atoms with Gasteiger partial charge in [-0.2, -0.15) is 13.2 Å². The largest absolute Gasteiger partial charge is 0.423 e. The highest BCUT2D eigenvalue weighted by Gasteiger charge is 2.34. The second kappa shape index (κ2) is 6.56. The van der Waals surface area contributed by atoms with Crippen molar-refractivity contribution in [3.63, 3.8) is 0 Å². The SMILES string of the molecule is O=C(Oc1ccc2c(C(F)(F)F)cc(=O)oc2c1)c1cccc([N+](=O)[O-])c1. The minimum Gasteiger partial charge on any atom is -0.423 e. The van der Waals surface area contributed by atoms with Gasteiger partial charge in [-0.05, 0) is 18.2 Å². The third kappa shape index (κ3) is 3.78. The summed E-state index contributed by atoms with van der Waals surface area (Å²) in [5.74, 6) is -1.16. The lowest BCUT2D eigenvalue weighted by molar-refractivity contribution is -0.384. The van der Waals surface area contributed by atoms with E-state index < -0.39 is 33.8 Å². The predicted molar refractivity (Wildman–Crippen MR) is 85.5 cm³/mol. The van der Waals surface area contributed by atoms with Crippen LogP contribution in [0.2, 0.25) is 0 Å². The van der Waals surface area contributed by atoms with E-state index in [4.69, 9.17) is 9.15 Å². The van der Waals surface area contributed by atoms with Gasteiger partial charge in [-0.15, -0.1) is 0 Å². The lowest BCUT2D eigenvalue weighted by Crippen LogP contribution is -2.11. The molecule has 0 aliphatic heterocycles. The van der Waals surface area contributed by atoms with E-state index in [0.717, 1.165) is 24.3 Å². The molecule has 1 aromatic heterocycles. The summed E-state index contributed by atoms with van der Waals surface area (Å²) in [6.07, 6.45) is -4.77. The molecule has 10 heteroatoms. The van der Waals surface area contributed by atoms with Gasteiger partial charge in [0, 0.05) is 29.7 Å². The van der Waals surface area contributed by atoms with E-state index in [-0.39, 0.29) is 22.4 Å². The first-order valence-corrected chi connectivity index (χ1v) is 7.27. The van der Waals surface area contributed by atoms with E-state index in [0.29, 0.717) is 6.07 Å². The number of nitrogens with zero attached hydrogens (tertiary/aromatic N) is 1. The molecule has 1 heterocycles. The molecular weight excluding hydrogens is 371 g/mol. The van der Waals surface area contributed by atoms with Crippen molar-refractivity contribution in [3.8, 4) is 5.75 Å². The van der Waals surface area contributed by atoms with Gasteiger partial charge in [0.15, 0.2) is 0 Å². The topological polar surface area (TPSA) is 99.7 Å². The van der Waals surface area contributed by atoms with Crippen LogP contribution in [0, 0.1) is 10.1 Å². The Bertz CT molecular complexity index is 1120. The Hall–Kier alpha value is -3.69. The highest BCUT2D eigenvalue weighted by molar-refractivity contribution is 5.92. The number of nitro benzene ring substituents is 1. The fraction of sp³-hybridized carbons (Fsp3) is 0.0588. The molecule has 7 nitrogen and oxygen atoms in total. The first-order valence-electron chi connectivity index (χ1n) is 7.27. The van der Waals surface area contributed by atoms with Gasteiger partial charge in [-0.1, -0.05) is 6.07 Å². The molecule has 0 bridgehead atoms. The Morgan fingerprint density at radius 1 is 1.11 bits per heavy atom. The van der Waals surface area contributed by atoms with E-state index in [1.807, 2.05) is 0 Å². The monoisotopic (exact) mass is 379 g/mol. The maximum absolute atomic E-state index is 13.0. The van der Waals surface area contributed by atoms with Gasteiger partial charge in [0.2, 0.25) is 0 Å². The van der Waals surface area contributed by atoms with E-state index in [1.165, 1.54) is 18.2 Å². The van der Waals surface area contributed by atoms with E-state index in [9.17, 15) is 32.9 Å². The third-order valence-electron chi connectivity index (χ3n) is 3.52. The summed E-state index contributed by atoms with van der Waals surface area (Å²) in [4.78, 5) is 33.5. The van der Waals surface area contributed by atoms with Crippen LogP contribution in [0.25, 0.3) is 11.0 Å². The molecule has 27 heavy (non-hydrogen) atoms. The second-order valence-electron chi connectivity index (χ2n) is 5.33. The number of rotatable bonds is 3. The molecule has 0 unspecified atom stereocenters. The molecular formula is C17H8F3NO6. The molecule has 3 aromatic rings. The van der Waals surface area contributed by atoms with Crippen LogP contribution in [0.15, 0.2) is 57.7 Å². The first kappa shape index (κ1) is 18.1. The molecule has 0 aliphatic carbocycles. The second-order valence-corrected chi connectivity index (χ2v) is 5.33. The number of fused-ring (bicyclic) bond motifs is 1. The number of ether oxygens (including phenoxy) is 1. The van der Waals surface area contributed by atoms with Crippen LogP contribution >= 0.6 is 0 Å². The number of alkyl halides is 3. The van der Waals surface area contributed by atoms with Crippen molar-refractivity contribution in [2.24, 2.45) is 0 Å². The smallest absolute Gasteiger partial charge is 0.417 e. The van der Waals surface area contributed by atoms with Gasteiger partial charge < -0.3 is 9.15 Å². The Balaban J connectivity index is 1.96. The zero-order valence-corrected chi connectivity index (χ0v) is 13.1. The number of hydrogen-bond acceptors (Lipinski definition) is 6. The van der Waals surface area contributed by atoms with Gasteiger partial charge in [0.25, 0.3) is 5.69 Å². The van der Waals surface area contributed by atoms with Crippen molar-refractivity contribution in [2.75, 3.05) is 0 Å². The average Bonchev–Trinajstić information content (AvgIpc) is 2.60. The number of nitro groups is 1. The first-order chi connectivity index (χ1) is 12.6. The number of esters is 1. The van der Waals surface area contributed by atoms with E-state index >= 15 is 0 Å². The van der Waals surface area contributed by atoms with Crippen LogP contribution in [-0.2, 0) is 6.18 Å². The van der Waals surface area contributed by atoms with Crippen LogP contribution in [0.3, 0.4) is 0 Å². The molecule has 2 aromatic carbocycles. The summed E-state index contributed by atoms with van der Waals surface area (Å²) in [5.41, 5.74) is -3.26. The summed E-state index contributed by atoms with van der Waals surface area (Å²) in [6, 6.07) is 8.11. The molecule has 0 fully saturated rings. The predicted octanol–water partition coefficient (Wildman–Crippen LogP) is 3.94. The number of non-ortho nitro benzene ring substituents is 1. The molecule has 0 aliphatic rings. The summed E-state index contributed by atoms with van der Waals surface area (Å²) < 4.78 is 48.8. The molecule has 0 saturated carbocycles. The number of hydrogen-bond donors (Lipinski definition) is 0. The molecule has 0 radical (unpaired) electrons. The Kier molecular flexibility index (Phi) is 4.40. The molecule has 3 rings (SSSR count). The van der Waals surface area contributed by atoms with Crippen LogP contribution in [0.4, 0.5) is 18.9 Å². The van der Waals surface area contributed by atoms with Crippen molar-refractivity contribution in [3.05, 3.63) is 80.2 Å². The van der Waals surface area contributed by atoms with Gasteiger partial charge in [-0.25, -0.2) is 9.59 Å². The standard InChI is InChI=1S/C17H8F3NO6/c18-17(19,20)13-8-15(22)27-14-7-11(4-5-12(13)14)26-16(23)9-2-1-3-10(6-9)21(24)25/h1-8H.